The molecule has 2 nitrogen and oxygen atoms in total. The van der Waals surface area contributed by atoms with Crippen LogP contribution in [-0.4, -0.2) is 30.6 Å². The number of nitrogens with one attached hydrogen (secondary N) is 1. The van der Waals surface area contributed by atoms with Gasteiger partial charge in [-0.05, 0) is 55.6 Å². The van der Waals surface area contributed by atoms with Crippen LogP contribution in [0.1, 0.15) is 25.7 Å². The van der Waals surface area contributed by atoms with Crippen molar-refractivity contribution in [3.8, 4) is 0 Å². The van der Waals surface area contributed by atoms with Crippen LogP contribution < -0.4 is 5.32 Å². The Morgan fingerprint density at radius 3 is 2.59 bits per heavy atom. The lowest BCUT2D eigenvalue weighted by Gasteiger charge is -2.35. The molecule has 1 N–H and O–H groups in total. The number of para-hydroxylation sites is 1. The topological polar surface area (TPSA) is 15.3 Å². The molecule has 1 aliphatic heterocycles. The molecule has 2 bridgehead atoms. The van der Waals surface area contributed by atoms with Crippen molar-refractivity contribution in [3.63, 3.8) is 0 Å². The molecule has 4 rings (SSSR count). The zero-order chi connectivity index (χ0) is 14.9. The number of benzene rings is 1. The van der Waals surface area contributed by atoms with E-state index in [-0.39, 0.29) is 0 Å². The van der Waals surface area contributed by atoms with E-state index in [1.165, 1.54) is 45.3 Å². The standard InChI is InChI=1S/C19H25ClN2/c20-18-3-1-2-4-19(18)21-17-7-9-22(10-8-17)13-16-12-14-5-6-15(16)11-14/h1-6,14-17,21H,7-13H2. The molecule has 3 heteroatoms. The summed E-state index contributed by atoms with van der Waals surface area (Å²) in [6.07, 6.45) is 10.2. The molecule has 1 saturated heterocycles. The molecule has 2 aliphatic carbocycles. The van der Waals surface area contributed by atoms with E-state index in [0.29, 0.717) is 6.04 Å². The third-order valence-electron chi connectivity index (χ3n) is 5.73. The first-order valence-electron chi connectivity index (χ1n) is 8.69. The fourth-order valence-electron chi connectivity index (χ4n) is 4.49. The summed E-state index contributed by atoms with van der Waals surface area (Å²) in [7, 11) is 0. The summed E-state index contributed by atoms with van der Waals surface area (Å²) >= 11 is 6.24. The number of anilines is 1. The Kier molecular flexibility index (Phi) is 4.15. The van der Waals surface area contributed by atoms with Crippen molar-refractivity contribution in [3.05, 3.63) is 41.4 Å². The van der Waals surface area contributed by atoms with E-state index >= 15 is 0 Å². The molecular formula is C19H25ClN2. The van der Waals surface area contributed by atoms with Crippen molar-refractivity contribution in [1.82, 2.24) is 4.90 Å². The molecule has 1 heterocycles. The highest BCUT2D eigenvalue weighted by Crippen LogP contribution is 2.43. The van der Waals surface area contributed by atoms with E-state index in [0.717, 1.165) is 28.5 Å². The number of likely N-dealkylation sites (tertiary alicyclic amines) is 1. The Morgan fingerprint density at radius 1 is 1.09 bits per heavy atom. The van der Waals surface area contributed by atoms with Gasteiger partial charge >= 0.3 is 0 Å². The highest BCUT2D eigenvalue weighted by molar-refractivity contribution is 6.33. The monoisotopic (exact) mass is 316 g/mol. The molecule has 0 spiro atoms. The normalized spacial score (nSPS) is 31.8. The lowest BCUT2D eigenvalue weighted by molar-refractivity contribution is 0.177. The Morgan fingerprint density at radius 2 is 1.91 bits per heavy atom. The number of fused-ring (bicyclic) bond motifs is 2. The van der Waals surface area contributed by atoms with Gasteiger partial charge in [-0.3, -0.25) is 0 Å². The molecule has 1 saturated carbocycles. The zero-order valence-corrected chi connectivity index (χ0v) is 13.8. The maximum Gasteiger partial charge on any atom is 0.0637 e. The highest BCUT2D eigenvalue weighted by atomic mass is 35.5. The minimum absolute atomic E-state index is 0.566. The average Bonchev–Trinajstić information content (AvgIpc) is 3.14. The second kappa shape index (κ2) is 6.25. The van der Waals surface area contributed by atoms with E-state index in [9.17, 15) is 0 Å². The van der Waals surface area contributed by atoms with Gasteiger partial charge in [0.25, 0.3) is 0 Å². The van der Waals surface area contributed by atoms with E-state index in [4.69, 9.17) is 11.6 Å². The Hall–Kier alpha value is -0.990. The van der Waals surface area contributed by atoms with Gasteiger partial charge in [-0.15, -0.1) is 0 Å². The van der Waals surface area contributed by atoms with Crippen molar-refractivity contribution in [1.29, 1.82) is 0 Å². The molecule has 2 fully saturated rings. The van der Waals surface area contributed by atoms with Crippen LogP contribution in [0.4, 0.5) is 5.69 Å². The summed E-state index contributed by atoms with van der Waals surface area (Å²) in [6.45, 7) is 3.75. The Balaban J connectivity index is 1.26. The van der Waals surface area contributed by atoms with Gasteiger partial charge in [-0.2, -0.15) is 0 Å². The largest absolute Gasteiger partial charge is 0.381 e. The number of hydrogen-bond donors (Lipinski definition) is 1. The van der Waals surface area contributed by atoms with Crippen LogP contribution in [-0.2, 0) is 0 Å². The van der Waals surface area contributed by atoms with Gasteiger partial charge < -0.3 is 10.2 Å². The molecule has 1 aromatic rings. The molecular weight excluding hydrogens is 292 g/mol. The first kappa shape index (κ1) is 14.6. The minimum Gasteiger partial charge on any atom is -0.381 e. The van der Waals surface area contributed by atoms with E-state index in [2.05, 4.69) is 28.4 Å². The number of rotatable bonds is 4. The summed E-state index contributed by atoms with van der Waals surface area (Å²) in [6, 6.07) is 8.64. The second-order valence-corrected chi connectivity index (χ2v) is 7.65. The molecule has 0 aromatic heterocycles. The highest BCUT2D eigenvalue weighted by Gasteiger charge is 2.36. The Labute approximate surface area is 138 Å². The lowest BCUT2D eigenvalue weighted by Crippen LogP contribution is -2.41. The minimum atomic E-state index is 0.566. The van der Waals surface area contributed by atoms with Gasteiger partial charge in [-0.1, -0.05) is 35.9 Å². The average molecular weight is 317 g/mol. The smallest absolute Gasteiger partial charge is 0.0637 e. The summed E-state index contributed by atoms with van der Waals surface area (Å²) in [4.78, 5) is 2.68. The van der Waals surface area contributed by atoms with Crippen LogP contribution in [0.5, 0.6) is 0 Å². The van der Waals surface area contributed by atoms with Gasteiger partial charge in [0, 0.05) is 25.7 Å². The van der Waals surface area contributed by atoms with Crippen molar-refractivity contribution >= 4 is 17.3 Å². The summed E-state index contributed by atoms with van der Waals surface area (Å²) in [5, 5.41) is 4.45. The first-order chi connectivity index (χ1) is 10.8. The summed E-state index contributed by atoms with van der Waals surface area (Å²) in [5.41, 5.74) is 1.08. The van der Waals surface area contributed by atoms with Gasteiger partial charge in [0.15, 0.2) is 0 Å². The van der Waals surface area contributed by atoms with Crippen molar-refractivity contribution in [2.45, 2.75) is 31.7 Å². The van der Waals surface area contributed by atoms with Crippen LogP contribution in [0.3, 0.4) is 0 Å². The molecule has 1 aromatic carbocycles. The van der Waals surface area contributed by atoms with Gasteiger partial charge in [-0.25, -0.2) is 0 Å². The SMILES string of the molecule is Clc1ccccc1NC1CCN(CC2CC3C=CC2C3)CC1. The number of hydrogen-bond acceptors (Lipinski definition) is 2. The van der Waals surface area contributed by atoms with Gasteiger partial charge in [0.2, 0.25) is 0 Å². The number of nitrogens with zero attached hydrogens (tertiary/aromatic N) is 1. The van der Waals surface area contributed by atoms with Gasteiger partial charge in [0.05, 0.1) is 10.7 Å². The van der Waals surface area contributed by atoms with Crippen LogP contribution in [0.15, 0.2) is 36.4 Å². The third-order valence-corrected chi connectivity index (χ3v) is 6.06. The molecule has 0 radical (unpaired) electrons. The molecule has 0 amide bonds. The molecule has 22 heavy (non-hydrogen) atoms. The molecule has 118 valence electrons. The summed E-state index contributed by atoms with van der Waals surface area (Å²) < 4.78 is 0. The quantitative estimate of drug-likeness (QED) is 0.827. The van der Waals surface area contributed by atoms with Gasteiger partial charge in [0.1, 0.15) is 0 Å². The summed E-state index contributed by atoms with van der Waals surface area (Å²) in [5.74, 6) is 2.70. The molecule has 3 atom stereocenters. The van der Waals surface area contributed by atoms with Crippen molar-refractivity contribution in [2.75, 3.05) is 25.0 Å². The van der Waals surface area contributed by atoms with E-state index in [1.807, 2.05) is 18.2 Å². The second-order valence-electron chi connectivity index (χ2n) is 7.24. The van der Waals surface area contributed by atoms with Crippen LogP contribution in [0.2, 0.25) is 5.02 Å². The van der Waals surface area contributed by atoms with E-state index in [1.54, 1.807) is 0 Å². The molecule has 3 unspecified atom stereocenters. The predicted octanol–water partition coefficient (Wildman–Crippen LogP) is 4.43. The Bertz CT molecular complexity index is 548. The number of allylic oxidation sites excluding steroid dienone is 2. The third kappa shape index (κ3) is 3.04. The van der Waals surface area contributed by atoms with Crippen molar-refractivity contribution in [2.24, 2.45) is 17.8 Å². The number of halogens is 1. The number of piperidine rings is 1. The fourth-order valence-corrected chi connectivity index (χ4v) is 4.68. The van der Waals surface area contributed by atoms with E-state index < -0.39 is 0 Å². The first-order valence-corrected chi connectivity index (χ1v) is 9.07. The van der Waals surface area contributed by atoms with Crippen LogP contribution >= 0.6 is 11.6 Å². The predicted molar refractivity (Wildman–Crippen MR) is 93.4 cm³/mol. The van der Waals surface area contributed by atoms with Crippen molar-refractivity contribution < 1.29 is 0 Å². The zero-order valence-electron chi connectivity index (χ0n) is 13.0. The lowest BCUT2D eigenvalue weighted by atomic mass is 9.92. The maximum absolute atomic E-state index is 6.24. The fraction of sp³-hybridized carbons (Fsp3) is 0.579. The van der Waals surface area contributed by atoms with Crippen LogP contribution in [0.25, 0.3) is 0 Å². The molecule has 3 aliphatic rings. The maximum atomic E-state index is 6.24. The van der Waals surface area contributed by atoms with Crippen LogP contribution in [0, 0.1) is 17.8 Å².